The highest BCUT2D eigenvalue weighted by Gasteiger charge is 2.48. The Hall–Kier alpha value is -4.83. The van der Waals surface area contributed by atoms with E-state index in [2.05, 4.69) is 15.6 Å². The number of carbonyl (C=O) groups excluding carboxylic acids is 4. The van der Waals surface area contributed by atoms with Gasteiger partial charge in [0.2, 0.25) is 17.7 Å². The molecule has 256 valence electrons. The van der Waals surface area contributed by atoms with Crippen LogP contribution in [0.2, 0.25) is 5.02 Å². The number of ether oxygens (including phenoxy) is 1. The van der Waals surface area contributed by atoms with Crippen molar-refractivity contribution in [1.29, 1.82) is 0 Å². The number of piperidine rings is 1. The zero-order valence-electron chi connectivity index (χ0n) is 27.8. The van der Waals surface area contributed by atoms with Gasteiger partial charge in [-0.15, -0.1) is 0 Å². The van der Waals surface area contributed by atoms with E-state index in [0.717, 1.165) is 22.9 Å². The lowest BCUT2D eigenvalue weighted by Crippen LogP contribution is -2.56. The number of amides is 4. The van der Waals surface area contributed by atoms with Gasteiger partial charge in [-0.2, -0.15) is 0 Å². The van der Waals surface area contributed by atoms with E-state index < -0.39 is 12.0 Å². The number of likely N-dealkylation sites (N-methyl/N-ethyl adjacent to an activating group) is 1. The molecule has 2 aliphatic heterocycles. The molecular formula is C38H42ClN5O5. The molecule has 2 fully saturated rings. The van der Waals surface area contributed by atoms with Crippen LogP contribution >= 0.6 is 11.6 Å². The third-order valence-electron chi connectivity index (χ3n) is 9.95. The Morgan fingerprint density at radius 2 is 1.71 bits per heavy atom. The highest BCUT2D eigenvalue weighted by atomic mass is 35.5. The first kappa shape index (κ1) is 34.0. The van der Waals surface area contributed by atoms with Crippen LogP contribution in [0.25, 0.3) is 10.9 Å². The number of benzene rings is 3. The normalized spacial score (nSPS) is 19.3. The second-order valence-corrected chi connectivity index (χ2v) is 13.4. The topological polar surface area (TPSA) is 124 Å². The molecule has 4 amide bonds. The Morgan fingerprint density at radius 3 is 2.45 bits per heavy atom. The molecule has 10 nitrogen and oxygen atoms in total. The summed E-state index contributed by atoms with van der Waals surface area (Å²) >= 11 is 6.17. The number of H-pyrrole nitrogens is 1. The van der Waals surface area contributed by atoms with Gasteiger partial charge >= 0.3 is 0 Å². The van der Waals surface area contributed by atoms with Crippen molar-refractivity contribution in [3.8, 4) is 5.75 Å². The number of rotatable bonds is 11. The number of aryl methyl sites for hydroxylation is 1. The summed E-state index contributed by atoms with van der Waals surface area (Å²) in [6.07, 6.45) is 3.94. The van der Waals surface area contributed by atoms with E-state index in [4.69, 9.17) is 16.3 Å². The minimum Gasteiger partial charge on any atom is -0.497 e. The fourth-order valence-corrected chi connectivity index (χ4v) is 7.47. The van der Waals surface area contributed by atoms with Gasteiger partial charge in [0.1, 0.15) is 11.8 Å². The van der Waals surface area contributed by atoms with E-state index >= 15 is 0 Å². The Morgan fingerprint density at radius 1 is 0.959 bits per heavy atom. The van der Waals surface area contributed by atoms with Crippen LogP contribution in [0.15, 0.2) is 79.0 Å². The van der Waals surface area contributed by atoms with Gasteiger partial charge in [-0.1, -0.05) is 48.0 Å². The molecule has 0 aliphatic carbocycles. The Kier molecular flexibility index (Phi) is 10.5. The molecule has 2 saturated heterocycles. The maximum absolute atomic E-state index is 14.1. The Balaban J connectivity index is 1.20. The SMILES string of the molecule is CNC(=O)[C@H](CCCc1ccccc1)NC(=O)C1CN(C(=O)Cc2c[nH]c3cc(Cl)ccc23)CC2CN(C(=O)c3ccc(OC)cc3)C[C@@H]21. The second kappa shape index (κ2) is 15.2. The van der Waals surface area contributed by atoms with Gasteiger partial charge in [0.25, 0.3) is 5.91 Å². The first-order valence-corrected chi connectivity index (χ1v) is 17.1. The molecule has 4 atom stereocenters. The number of fused-ring (bicyclic) bond motifs is 2. The number of nitrogens with zero attached hydrogens (tertiary/aromatic N) is 2. The average Bonchev–Trinajstić information content (AvgIpc) is 3.74. The molecule has 2 aliphatic rings. The second-order valence-electron chi connectivity index (χ2n) is 13.0. The maximum atomic E-state index is 14.1. The standard InChI is InChI=1S/C38H42ClN5O5/c1-40-37(47)33(10-6-9-24-7-4-3-5-8-24)42-36(46)32-23-43(35(45)17-26-19-41-34-18-28(39)13-16-30(26)34)20-27-21-44(22-31(27)32)38(48)25-11-14-29(49-2)15-12-25/h3-5,7-8,11-16,18-19,27,31-33,41H,6,9-10,17,20-23H2,1-2H3,(H,40,47)(H,42,46)/t27?,31-,32?,33-/m0/s1. The molecule has 3 heterocycles. The molecule has 0 spiro atoms. The van der Waals surface area contributed by atoms with Crippen LogP contribution in [-0.4, -0.2) is 84.8 Å². The number of halogens is 1. The van der Waals surface area contributed by atoms with Gasteiger partial charge in [-0.05, 0) is 78.6 Å². The number of aromatic nitrogens is 1. The number of hydrogen-bond donors (Lipinski definition) is 3. The zero-order valence-corrected chi connectivity index (χ0v) is 28.5. The number of carbonyl (C=O) groups is 4. The lowest BCUT2D eigenvalue weighted by atomic mass is 9.79. The predicted molar refractivity (Wildman–Crippen MR) is 188 cm³/mol. The zero-order chi connectivity index (χ0) is 34.5. The molecule has 6 rings (SSSR count). The molecule has 0 radical (unpaired) electrons. The Bertz CT molecular complexity index is 1810. The molecular weight excluding hydrogens is 642 g/mol. The smallest absolute Gasteiger partial charge is 0.253 e. The maximum Gasteiger partial charge on any atom is 0.253 e. The predicted octanol–water partition coefficient (Wildman–Crippen LogP) is 4.47. The van der Waals surface area contributed by atoms with Crippen LogP contribution in [0, 0.1) is 17.8 Å². The third-order valence-corrected chi connectivity index (χ3v) is 10.2. The summed E-state index contributed by atoms with van der Waals surface area (Å²) in [6.45, 7) is 1.45. The van der Waals surface area contributed by atoms with E-state index in [1.54, 1.807) is 54.3 Å². The van der Waals surface area contributed by atoms with Crippen LogP contribution in [0.1, 0.15) is 34.3 Å². The van der Waals surface area contributed by atoms with Crippen molar-refractivity contribution in [2.75, 3.05) is 40.3 Å². The summed E-state index contributed by atoms with van der Waals surface area (Å²) in [6, 6.07) is 21.8. The lowest BCUT2D eigenvalue weighted by molar-refractivity contribution is -0.140. The number of hydrogen-bond acceptors (Lipinski definition) is 5. The molecule has 4 aromatic rings. The van der Waals surface area contributed by atoms with Crippen LogP contribution in [-0.2, 0) is 27.2 Å². The molecule has 11 heteroatoms. The number of aromatic amines is 1. The minimum absolute atomic E-state index is 0.0993. The van der Waals surface area contributed by atoms with Crippen LogP contribution in [0.5, 0.6) is 5.75 Å². The molecule has 1 aromatic heterocycles. The van der Waals surface area contributed by atoms with Crippen molar-refractivity contribution in [3.63, 3.8) is 0 Å². The van der Waals surface area contributed by atoms with Crippen molar-refractivity contribution in [2.24, 2.45) is 17.8 Å². The Labute approximate surface area is 291 Å². The van der Waals surface area contributed by atoms with Crippen LogP contribution in [0.4, 0.5) is 0 Å². The summed E-state index contributed by atoms with van der Waals surface area (Å²) in [7, 11) is 3.14. The molecule has 3 N–H and O–H groups in total. The third kappa shape index (κ3) is 7.75. The van der Waals surface area contributed by atoms with E-state index in [1.807, 2.05) is 48.7 Å². The summed E-state index contributed by atoms with van der Waals surface area (Å²) in [5, 5.41) is 7.25. The van der Waals surface area contributed by atoms with Crippen molar-refractivity contribution < 1.29 is 23.9 Å². The first-order valence-electron chi connectivity index (χ1n) is 16.8. The van der Waals surface area contributed by atoms with Gasteiger partial charge in [0.15, 0.2) is 0 Å². The van der Waals surface area contributed by atoms with Crippen molar-refractivity contribution >= 4 is 46.1 Å². The van der Waals surface area contributed by atoms with Crippen molar-refractivity contribution in [1.82, 2.24) is 25.4 Å². The minimum atomic E-state index is -0.720. The summed E-state index contributed by atoms with van der Waals surface area (Å²) in [5.74, 6) is -0.978. The highest BCUT2D eigenvalue weighted by molar-refractivity contribution is 6.31. The van der Waals surface area contributed by atoms with Crippen molar-refractivity contribution in [3.05, 3.63) is 101 Å². The molecule has 49 heavy (non-hydrogen) atoms. The molecule has 0 saturated carbocycles. The van der Waals surface area contributed by atoms with Gasteiger partial charge in [0, 0.05) is 60.9 Å². The van der Waals surface area contributed by atoms with E-state index in [1.165, 1.54) is 5.56 Å². The van der Waals surface area contributed by atoms with Gasteiger partial charge in [-0.25, -0.2) is 0 Å². The van der Waals surface area contributed by atoms with Crippen molar-refractivity contribution in [2.45, 2.75) is 31.7 Å². The van der Waals surface area contributed by atoms with Crippen LogP contribution < -0.4 is 15.4 Å². The number of methoxy groups -OCH3 is 1. The first-order chi connectivity index (χ1) is 23.7. The monoisotopic (exact) mass is 683 g/mol. The fourth-order valence-electron chi connectivity index (χ4n) is 7.30. The molecule has 3 aromatic carbocycles. The molecule has 2 unspecified atom stereocenters. The molecule has 0 bridgehead atoms. The lowest BCUT2D eigenvalue weighted by Gasteiger charge is -2.40. The quantitative estimate of drug-likeness (QED) is 0.215. The average molecular weight is 684 g/mol. The largest absolute Gasteiger partial charge is 0.497 e. The summed E-state index contributed by atoms with van der Waals surface area (Å²) in [5.41, 5.74) is 3.40. The fraction of sp³-hybridized carbons (Fsp3) is 0.368. The number of likely N-dealkylation sites (tertiary alicyclic amines) is 2. The number of nitrogens with one attached hydrogen (secondary N) is 3. The van der Waals surface area contributed by atoms with Crippen LogP contribution in [0.3, 0.4) is 0 Å². The summed E-state index contributed by atoms with van der Waals surface area (Å²) in [4.78, 5) is 61.3. The van der Waals surface area contributed by atoms with Gasteiger partial charge < -0.3 is 30.2 Å². The van der Waals surface area contributed by atoms with Gasteiger partial charge in [0.05, 0.1) is 19.4 Å². The van der Waals surface area contributed by atoms with E-state index in [-0.39, 0.29) is 48.4 Å². The highest BCUT2D eigenvalue weighted by Crippen LogP contribution is 2.37. The van der Waals surface area contributed by atoms with Gasteiger partial charge in [-0.3, -0.25) is 19.2 Å². The summed E-state index contributed by atoms with van der Waals surface area (Å²) < 4.78 is 5.25. The van der Waals surface area contributed by atoms with E-state index in [9.17, 15) is 19.2 Å². The van der Waals surface area contributed by atoms with E-state index in [0.29, 0.717) is 48.8 Å².